The van der Waals surface area contributed by atoms with Gasteiger partial charge in [-0.25, -0.2) is 0 Å². The lowest BCUT2D eigenvalue weighted by atomic mass is 9.82. The number of nitriles is 1. The van der Waals surface area contributed by atoms with Gasteiger partial charge in [0, 0.05) is 6.04 Å². The summed E-state index contributed by atoms with van der Waals surface area (Å²) in [4.78, 5) is 0. The minimum Gasteiger partial charge on any atom is -0.314 e. The minimum absolute atomic E-state index is 0.144. The Labute approximate surface area is 87.7 Å². The summed E-state index contributed by atoms with van der Waals surface area (Å²) < 4.78 is 0. The first-order valence-electron chi connectivity index (χ1n) is 5.68. The molecule has 1 rings (SSSR count). The Balaban J connectivity index is 1.98. The summed E-state index contributed by atoms with van der Waals surface area (Å²) in [7, 11) is 0. The van der Waals surface area contributed by atoms with Crippen molar-refractivity contribution in [2.75, 3.05) is 6.54 Å². The highest BCUT2D eigenvalue weighted by Gasteiger charge is 2.24. The van der Waals surface area contributed by atoms with E-state index in [0.717, 1.165) is 31.3 Å². The van der Waals surface area contributed by atoms with Crippen LogP contribution in [0, 0.1) is 22.7 Å². The standard InChI is InChI=1S/C12H22N2/c1-10-7-11(8-10)14-6-4-5-12(2,3)9-13/h10-11,14H,4-8H2,1-3H3. The van der Waals surface area contributed by atoms with Gasteiger partial charge in [-0.3, -0.25) is 0 Å². The van der Waals surface area contributed by atoms with Crippen molar-refractivity contribution in [2.24, 2.45) is 11.3 Å². The third-order valence-corrected chi connectivity index (χ3v) is 3.09. The fraction of sp³-hybridized carbons (Fsp3) is 0.917. The molecule has 1 aliphatic carbocycles. The van der Waals surface area contributed by atoms with Crippen LogP contribution in [0.15, 0.2) is 0 Å². The largest absolute Gasteiger partial charge is 0.314 e. The van der Waals surface area contributed by atoms with Gasteiger partial charge in [0.05, 0.1) is 11.5 Å². The summed E-state index contributed by atoms with van der Waals surface area (Å²) in [6.45, 7) is 7.40. The molecule has 80 valence electrons. The number of hydrogen-bond donors (Lipinski definition) is 1. The van der Waals surface area contributed by atoms with E-state index in [2.05, 4.69) is 18.3 Å². The van der Waals surface area contributed by atoms with Crippen molar-refractivity contribution in [1.29, 1.82) is 5.26 Å². The summed E-state index contributed by atoms with van der Waals surface area (Å²) >= 11 is 0. The number of rotatable bonds is 5. The first-order chi connectivity index (χ1) is 6.53. The van der Waals surface area contributed by atoms with Crippen molar-refractivity contribution >= 4 is 0 Å². The lowest BCUT2D eigenvalue weighted by Gasteiger charge is -2.33. The van der Waals surface area contributed by atoms with Crippen LogP contribution in [0.2, 0.25) is 0 Å². The van der Waals surface area contributed by atoms with Gasteiger partial charge in [0.25, 0.3) is 0 Å². The molecule has 2 heteroatoms. The van der Waals surface area contributed by atoms with E-state index < -0.39 is 0 Å². The highest BCUT2D eigenvalue weighted by atomic mass is 14.9. The summed E-state index contributed by atoms with van der Waals surface area (Å²) in [6.07, 6.45) is 4.79. The van der Waals surface area contributed by atoms with E-state index >= 15 is 0 Å². The SMILES string of the molecule is CC1CC(NCCCC(C)(C)C#N)C1. The Hall–Kier alpha value is -0.550. The second-order valence-electron chi connectivity index (χ2n) is 5.33. The highest BCUT2D eigenvalue weighted by molar-refractivity contribution is 4.91. The first kappa shape index (κ1) is 11.5. The first-order valence-corrected chi connectivity index (χ1v) is 5.68. The molecular weight excluding hydrogens is 172 g/mol. The molecule has 0 heterocycles. The molecule has 0 saturated heterocycles. The molecule has 0 amide bonds. The molecule has 0 radical (unpaired) electrons. The molecule has 0 aromatic carbocycles. The van der Waals surface area contributed by atoms with E-state index in [1.165, 1.54) is 12.8 Å². The maximum atomic E-state index is 8.82. The minimum atomic E-state index is -0.144. The second-order valence-corrected chi connectivity index (χ2v) is 5.33. The predicted octanol–water partition coefficient (Wildman–Crippen LogP) is 2.70. The van der Waals surface area contributed by atoms with Crippen LogP contribution in [-0.4, -0.2) is 12.6 Å². The molecule has 1 aliphatic rings. The monoisotopic (exact) mass is 194 g/mol. The third-order valence-electron chi connectivity index (χ3n) is 3.09. The van der Waals surface area contributed by atoms with Gasteiger partial charge in [-0.15, -0.1) is 0 Å². The lowest BCUT2D eigenvalue weighted by Crippen LogP contribution is -2.40. The smallest absolute Gasteiger partial charge is 0.0683 e. The van der Waals surface area contributed by atoms with Crippen LogP contribution in [-0.2, 0) is 0 Å². The molecular formula is C12H22N2. The molecule has 2 nitrogen and oxygen atoms in total. The van der Waals surface area contributed by atoms with E-state index in [0.29, 0.717) is 0 Å². The summed E-state index contributed by atoms with van der Waals surface area (Å²) in [6, 6.07) is 3.10. The Morgan fingerprint density at radius 3 is 2.57 bits per heavy atom. The zero-order valence-electron chi connectivity index (χ0n) is 9.64. The number of nitrogens with one attached hydrogen (secondary N) is 1. The molecule has 1 saturated carbocycles. The molecule has 0 aliphatic heterocycles. The molecule has 0 unspecified atom stereocenters. The fourth-order valence-electron chi connectivity index (χ4n) is 1.96. The Kier molecular flexibility index (Phi) is 3.95. The van der Waals surface area contributed by atoms with Gasteiger partial charge < -0.3 is 5.32 Å². The summed E-state index contributed by atoms with van der Waals surface area (Å²) in [5, 5.41) is 12.4. The predicted molar refractivity (Wildman–Crippen MR) is 58.8 cm³/mol. The van der Waals surface area contributed by atoms with Crippen molar-refractivity contribution in [2.45, 2.75) is 52.5 Å². The van der Waals surface area contributed by atoms with Gasteiger partial charge in [0.2, 0.25) is 0 Å². The molecule has 0 atom stereocenters. The van der Waals surface area contributed by atoms with Crippen molar-refractivity contribution < 1.29 is 0 Å². The van der Waals surface area contributed by atoms with Gasteiger partial charge in [0.1, 0.15) is 0 Å². The van der Waals surface area contributed by atoms with Crippen molar-refractivity contribution in [3.63, 3.8) is 0 Å². The highest BCUT2D eigenvalue weighted by Crippen LogP contribution is 2.26. The van der Waals surface area contributed by atoms with Crippen LogP contribution >= 0.6 is 0 Å². The van der Waals surface area contributed by atoms with Gasteiger partial charge >= 0.3 is 0 Å². The van der Waals surface area contributed by atoms with Crippen LogP contribution in [0.1, 0.15) is 46.5 Å². The van der Waals surface area contributed by atoms with Crippen molar-refractivity contribution in [3.05, 3.63) is 0 Å². The number of hydrogen-bond acceptors (Lipinski definition) is 2. The maximum Gasteiger partial charge on any atom is 0.0683 e. The molecule has 0 aromatic heterocycles. The molecule has 0 aromatic rings. The van der Waals surface area contributed by atoms with Gasteiger partial charge in [-0.1, -0.05) is 6.92 Å². The van der Waals surface area contributed by atoms with Crippen LogP contribution < -0.4 is 5.32 Å². The second kappa shape index (κ2) is 4.79. The Bertz CT molecular complexity index is 209. The van der Waals surface area contributed by atoms with Crippen LogP contribution in [0.5, 0.6) is 0 Å². The molecule has 1 N–H and O–H groups in total. The van der Waals surface area contributed by atoms with E-state index in [9.17, 15) is 0 Å². The average Bonchev–Trinajstić information content (AvgIpc) is 2.09. The summed E-state index contributed by atoms with van der Waals surface area (Å²) in [5.74, 6) is 0.919. The van der Waals surface area contributed by atoms with E-state index in [4.69, 9.17) is 5.26 Å². The molecule has 0 spiro atoms. The molecule has 14 heavy (non-hydrogen) atoms. The molecule has 0 bridgehead atoms. The summed E-state index contributed by atoms with van der Waals surface area (Å²) in [5.41, 5.74) is -0.144. The van der Waals surface area contributed by atoms with Gasteiger partial charge in [0.15, 0.2) is 0 Å². The average molecular weight is 194 g/mol. The zero-order valence-corrected chi connectivity index (χ0v) is 9.64. The Morgan fingerprint density at radius 1 is 1.43 bits per heavy atom. The van der Waals surface area contributed by atoms with E-state index in [1.807, 2.05) is 13.8 Å². The fourth-order valence-corrected chi connectivity index (χ4v) is 1.96. The van der Waals surface area contributed by atoms with Gasteiger partial charge in [-0.2, -0.15) is 5.26 Å². The van der Waals surface area contributed by atoms with Gasteiger partial charge in [-0.05, 0) is 52.0 Å². The topological polar surface area (TPSA) is 35.8 Å². The van der Waals surface area contributed by atoms with Crippen molar-refractivity contribution in [1.82, 2.24) is 5.32 Å². The van der Waals surface area contributed by atoms with E-state index in [1.54, 1.807) is 0 Å². The van der Waals surface area contributed by atoms with Crippen LogP contribution in [0.3, 0.4) is 0 Å². The maximum absolute atomic E-state index is 8.82. The lowest BCUT2D eigenvalue weighted by molar-refractivity contribution is 0.238. The Morgan fingerprint density at radius 2 is 2.07 bits per heavy atom. The normalized spacial score (nSPS) is 26.7. The van der Waals surface area contributed by atoms with Crippen LogP contribution in [0.25, 0.3) is 0 Å². The van der Waals surface area contributed by atoms with Crippen LogP contribution in [0.4, 0.5) is 0 Å². The quantitative estimate of drug-likeness (QED) is 0.683. The van der Waals surface area contributed by atoms with Crippen molar-refractivity contribution in [3.8, 4) is 6.07 Å². The zero-order chi connectivity index (χ0) is 10.6. The number of nitrogens with zero attached hydrogens (tertiary/aromatic N) is 1. The molecule has 1 fully saturated rings. The third kappa shape index (κ3) is 3.67. The van der Waals surface area contributed by atoms with E-state index in [-0.39, 0.29) is 5.41 Å².